The molecule has 0 aliphatic rings. The van der Waals surface area contributed by atoms with Gasteiger partial charge < -0.3 is 0 Å². The van der Waals surface area contributed by atoms with Crippen LogP contribution in [0.1, 0.15) is 18.4 Å². The number of benzene rings is 1. The van der Waals surface area contributed by atoms with E-state index in [4.69, 9.17) is 5.26 Å². The molecule has 0 aliphatic carbocycles. The quantitative estimate of drug-likeness (QED) is 0.670. The largest absolute Gasteiger partial charge is 0.198 e. The van der Waals surface area contributed by atoms with Crippen molar-refractivity contribution in [3.05, 3.63) is 35.2 Å². The van der Waals surface area contributed by atoms with Gasteiger partial charge in [0.15, 0.2) is 0 Å². The van der Waals surface area contributed by atoms with E-state index in [0.29, 0.717) is 0 Å². The van der Waals surface area contributed by atoms with Gasteiger partial charge >= 0.3 is 0 Å². The highest BCUT2D eigenvalue weighted by Gasteiger charge is 2.09. The molecule has 0 bridgehead atoms. The summed E-state index contributed by atoms with van der Waals surface area (Å²) in [6.45, 7) is 1.94. The van der Waals surface area contributed by atoms with Gasteiger partial charge in [0.25, 0.3) is 0 Å². The lowest BCUT2D eigenvalue weighted by Crippen LogP contribution is -1.85. The van der Waals surface area contributed by atoms with Crippen molar-refractivity contribution in [1.29, 1.82) is 5.26 Å². The van der Waals surface area contributed by atoms with Gasteiger partial charge in [0.2, 0.25) is 0 Å². The summed E-state index contributed by atoms with van der Waals surface area (Å²) in [4.78, 5) is 0. The van der Waals surface area contributed by atoms with Crippen molar-refractivity contribution in [1.82, 2.24) is 0 Å². The lowest BCUT2D eigenvalue weighted by atomic mass is 10.0. The van der Waals surface area contributed by atoms with Crippen molar-refractivity contribution in [2.45, 2.75) is 12.8 Å². The molecule has 1 atom stereocenters. The van der Waals surface area contributed by atoms with E-state index in [-0.39, 0.29) is 5.92 Å². The Kier molecular flexibility index (Phi) is 2.03. The first-order valence-corrected chi connectivity index (χ1v) is 5.06. The molecule has 0 aliphatic heterocycles. The minimum Gasteiger partial charge on any atom is -0.198 e. The molecule has 2 rings (SSSR count). The number of fused-ring (bicyclic) bond motifs is 1. The van der Waals surface area contributed by atoms with Crippen LogP contribution in [-0.2, 0) is 0 Å². The molecule has 0 radical (unpaired) electrons. The van der Waals surface area contributed by atoms with E-state index in [2.05, 4.69) is 23.6 Å². The van der Waals surface area contributed by atoms with E-state index in [1.807, 2.05) is 19.1 Å². The second kappa shape index (κ2) is 3.20. The monoisotopic (exact) mass is 187 g/mol. The number of hydrogen-bond acceptors (Lipinski definition) is 2. The van der Waals surface area contributed by atoms with Gasteiger partial charge in [-0.3, -0.25) is 0 Å². The average molecular weight is 187 g/mol. The van der Waals surface area contributed by atoms with Crippen LogP contribution in [0.5, 0.6) is 0 Å². The number of nitrogens with zero attached hydrogens (tertiary/aromatic N) is 1. The minimum atomic E-state index is -0.00356. The average Bonchev–Trinajstić information content (AvgIpc) is 2.60. The van der Waals surface area contributed by atoms with Gasteiger partial charge in [-0.25, -0.2) is 0 Å². The first kappa shape index (κ1) is 8.28. The van der Waals surface area contributed by atoms with E-state index in [1.54, 1.807) is 11.3 Å². The number of nitriles is 1. The maximum atomic E-state index is 8.82. The molecule has 2 heteroatoms. The first-order valence-electron chi connectivity index (χ1n) is 4.18. The summed E-state index contributed by atoms with van der Waals surface area (Å²) in [5, 5.41) is 12.1. The van der Waals surface area contributed by atoms with Crippen LogP contribution in [0, 0.1) is 11.3 Å². The second-order valence-corrected chi connectivity index (χ2v) is 3.95. The Morgan fingerprint density at radius 3 is 2.92 bits per heavy atom. The smallest absolute Gasteiger partial charge is 0.0701 e. The van der Waals surface area contributed by atoms with Crippen LogP contribution in [0.4, 0.5) is 0 Å². The van der Waals surface area contributed by atoms with Crippen LogP contribution in [0.15, 0.2) is 29.6 Å². The molecule has 1 heterocycles. The molecule has 0 fully saturated rings. The summed E-state index contributed by atoms with van der Waals surface area (Å²) in [5.74, 6) is -0.00356. The summed E-state index contributed by atoms with van der Waals surface area (Å²) in [7, 11) is 0. The molecule has 1 nitrogen and oxygen atoms in total. The zero-order valence-electron chi connectivity index (χ0n) is 7.32. The molecule has 1 unspecified atom stereocenters. The van der Waals surface area contributed by atoms with Crippen LogP contribution < -0.4 is 0 Å². The molecule has 13 heavy (non-hydrogen) atoms. The van der Waals surface area contributed by atoms with Gasteiger partial charge in [-0.15, -0.1) is 11.3 Å². The van der Waals surface area contributed by atoms with E-state index in [9.17, 15) is 0 Å². The number of thiophene rings is 1. The molecule has 0 spiro atoms. The molecule has 0 amide bonds. The second-order valence-electron chi connectivity index (χ2n) is 3.04. The van der Waals surface area contributed by atoms with Crippen LogP contribution in [0.25, 0.3) is 10.1 Å². The van der Waals surface area contributed by atoms with Crippen molar-refractivity contribution in [3.8, 4) is 6.07 Å². The zero-order chi connectivity index (χ0) is 9.26. The fourth-order valence-corrected chi connectivity index (χ4v) is 2.46. The molecule has 64 valence electrons. The number of rotatable bonds is 1. The van der Waals surface area contributed by atoms with Gasteiger partial charge in [-0.05, 0) is 29.3 Å². The summed E-state index contributed by atoms with van der Waals surface area (Å²) < 4.78 is 1.26. The lowest BCUT2D eigenvalue weighted by Gasteiger charge is -1.98. The zero-order valence-corrected chi connectivity index (χ0v) is 8.14. The summed E-state index contributed by atoms with van der Waals surface area (Å²) in [5.41, 5.74) is 1.16. The Hall–Kier alpha value is -1.33. The Balaban J connectivity index is 2.66. The van der Waals surface area contributed by atoms with Gasteiger partial charge in [0.1, 0.15) is 0 Å². The molecule has 0 saturated heterocycles. The Morgan fingerprint density at radius 2 is 2.15 bits per heavy atom. The predicted molar refractivity (Wildman–Crippen MR) is 55.9 cm³/mol. The molecule has 0 saturated carbocycles. The van der Waals surface area contributed by atoms with E-state index >= 15 is 0 Å². The lowest BCUT2D eigenvalue weighted by molar-refractivity contribution is 1.00. The Labute approximate surface area is 81.2 Å². The third kappa shape index (κ3) is 1.32. The highest BCUT2D eigenvalue weighted by Crippen LogP contribution is 2.30. The van der Waals surface area contributed by atoms with Crippen LogP contribution in [0.3, 0.4) is 0 Å². The Morgan fingerprint density at radius 1 is 1.38 bits per heavy atom. The normalized spacial score (nSPS) is 12.6. The standard InChI is InChI=1S/C11H9NS/c1-8(6-12)10-7-13-11-5-3-2-4-9(10)11/h2-5,7-8H,1H3. The minimum absolute atomic E-state index is 0.00356. The summed E-state index contributed by atoms with van der Waals surface area (Å²) in [6.07, 6.45) is 0. The summed E-state index contributed by atoms with van der Waals surface area (Å²) >= 11 is 1.71. The van der Waals surface area contributed by atoms with Gasteiger partial charge in [0, 0.05) is 4.70 Å². The highest BCUT2D eigenvalue weighted by atomic mass is 32.1. The van der Waals surface area contributed by atoms with Crippen molar-refractivity contribution in [2.75, 3.05) is 0 Å². The SMILES string of the molecule is CC(C#N)c1csc2ccccc12. The molecule has 2 aromatic rings. The third-order valence-corrected chi connectivity index (χ3v) is 3.15. The maximum Gasteiger partial charge on any atom is 0.0701 e. The fourth-order valence-electron chi connectivity index (χ4n) is 1.40. The third-order valence-electron chi connectivity index (χ3n) is 2.17. The molecule has 1 aromatic carbocycles. The molecular weight excluding hydrogens is 178 g/mol. The van der Waals surface area contributed by atoms with Crippen LogP contribution in [-0.4, -0.2) is 0 Å². The van der Waals surface area contributed by atoms with Crippen LogP contribution >= 0.6 is 11.3 Å². The molecule has 0 N–H and O–H groups in total. The topological polar surface area (TPSA) is 23.8 Å². The number of hydrogen-bond donors (Lipinski definition) is 0. The van der Waals surface area contributed by atoms with E-state index < -0.39 is 0 Å². The highest BCUT2D eigenvalue weighted by molar-refractivity contribution is 7.17. The maximum absolute atomic E-state index is 8.82. The van der Waals surface area contributed by atoms with Crippen LogP contribution in [0.2, 0.25) is 0 Å². The predicted octanol–water partition coefficient (Wildman–Crippen LogP) is 3.53. The molecule has 1 aromatic heterocycles. The Bertz CT molecular complexity index is 464. The van der Waals surface area contributed by atoms with Crippen molar-refractivity contribution >= 4 is 21.4 Å². The van der Waals surface area contributed by atoms with Gasteiger partial charge in [-0.2, -0.15) is 5.26 Å². The van der Waals surface area contributed by atoms with Crippen molar-refractivity contribution in [2.24, 2.45) is 0 Å². The fraction of sp³-hybridized carbons (Fsp3) is 0.182. The summed E-state index contributed by atoms with van der Waals surface area (Å²) in [6, 6.07) is 10.5. The van der Waals surface area contributed by atoms with Crippen molar-refractivity contribution < 1.29 is 0 Å². The molecular formula is C11H9NS. The first-order chi connectivity index (χ1) is 6.33. The van der Waals surface area contributed by atoms with E-state index in [0.717, 1.165) is 5.56 Å². The van der Waals surface area contributed by atoms with Gasteiger partial charge in [-0.1, -0.05) is 18.2 Å². The van der Waals surface area contributed by atoms with Gasteiger partial charge in [0.05, 0.1) is 12.0 Å². The van der Waals surface area contributed by atoms with E-state index in [1.165, 1.54) is 10.1 Å². The van der Waals surface area contributed by atoms with Crippen molar-refractivity contribution in [3.63, 3.8) is 0 Å².